The van der Waals surface area contributed by atoms with Crippen molar-refractivity contribution in [1.29, 1.82) is 5.26 Å². The number of hydrogen-bond acceptors (Lipinski definition) is 3. The fraction of sp³-hybridized carbons (Fsp3) is 0.182. The van der Waals surface area contributed by atoms with E-state index in [2.05, 4.69) is 11.1 Å². The van der Waals surface area contributed by atoms with Crippen molar-refractivity contribution >= 4 is 10.9 Å². The van der Waals surface area contributed by atoms with Gasteiger partial charge in [-0.25, -0.2) is 0 Å². The third-order valence-corrected chi connectivity index (χ3v) is 2.45. The molecule has 15 heavy (non-hydrogen) atoms. The summed E-state index contributed by atoms with van der Waals surface area (Å²) in [6, 6.07) is 7.48. The molecule has 0 bridgehead atoms. The van der Waals surface area contributed by atoms with Crippen LogP contribution in [-0.2, 0) is 0 Å². The predicted octanol–water partition coefficient (Wildman–Crippen LogP) is 1.03. The SMILES string of the molecule is N#Cc1cccc2c(C(O)CN)c[nH]c12. The lowest BCUT2D eigenvalue weighted by atomic mass is 10.1. The van der Waals surface area contributed by atoms with E-state index in [-0.39, 0.29) is 6.54 Å². The monoisotopic (exact) mass is 201 g/mol. The van der Waals surface area contributed by atoms with E-state index >= 15 is 0 Å². The van der Waals surface area contributed by atoms with Gasteiger partial charge in [0.1, 0.15) is 6.07 Å². The van der Waals surface area contributed by atoms with Gasteiger partial charge in [-0.15, -0.1) is 0 Å². The van der Waals surface area contributed by atoms with Crippen LogP contribution in [0.5, 0.6) is 0 Å². The van der Waals surface area contributed by atoms with E-state index in [1.807, 2.05) is 6.07 Å². The lowest BCUT2D eigenvalue weighted by molar-refractivity contribution is 0.188. The molecule has 1 atom stereocenters. The van der Waals surface area contributed by atoms with Gasteiger partial charge in [0.2, 0.25) is 0 Å². The van der Waals surface area contributed by atoms with Crippen LogP contribution in [0, 0.1) is 11.3 Å². The van der Waals surface area contributed by atoms with Crippen LogP contribution in [0.4, 0.5) is 0 Å². The van der Waals surface area contributed by atoms with Gasteiger partial charge in [0.15, 0.2) is 0 Å². The number of nitrogens with zero attached hydrogens (tertiary/aromatic N) is 1. The highest BCUT2D eigenvalue weighted by Crippen LogP contribution is 2.25. The molecular formula is C11H11N3O. The number of aromatic amines is 1. The lowest BCUT2D eigenvalue weighted by Crippen LogP contribution is -2.10. The van der Waals surface area contributed by atoms with Crippen LogP contribution in [0.3, 0.4) is 0 Å². The Morgan fingerprint density at radius 3 is 3.00 bits per heavy atom. The van der Waals surface area contributed by atoms with E-state index in [1.54, 1.807) is 18.3 Å². The van der Waals surface area contributed by atoms with Crippen molar-refractivity contribution in [3.63, 3.8) is 0 Å². The largest absolute Gasteiger partial charge is 0.387 e. The van der Waals surface area contributed by atoms with Crippen LogP contribution in [0.2, 0.25) is 0 Å². The van der Waals surface area contributed by atoms with Crippen LogP contribution < -0.4 is 5.73 Å². The van der Waals surface area contributed by atoms with Crippen LogP contribution in [0.15, 0.2) is 24.4 Å². The molecule has 1 aromatic heterocycles. The molecule has 0 radical (unpaired) electrons. The first-order chi connectivity index (χ1) is 7.27. The number of rotatable bonds is 2. The third kappa shape index (κ3) is 1.48. The number of H-pyrrole nitrogens is 1. The number of aliphatic hydroxyl groups excluding tert-OH is 1. The Balaban J connectivity index is 2.67. The summed E-state index contributed by atoms with van der Waals surface area (Å²) in [4.78, 5) is 2.98. The maximum absolute atomic E-state index is 9.65. The minimum absolute atomic E-state index is 0.170. The van der Waals surface area contributed by atoms with Crippen molar-refractivity contribution in [3.05, 3.63) is 35.5 Å². The van der Waals surface area contributed by atoms with Gasteiger partial charge in [0.25, 0.3) is 0 Å². The molecule has 0 aliphatic heterocycles. The van der Waals surface area contributed by atoms with E-state index in [9.17, 15) is 5.11 Å². The van der Waals surface area contributed by atoms with E-state index in [4.69, 9.17) is 11.0 Å². The van der Waals surface area contributed by atoms with Crippen molar-refractivity contribution in [3.8, 4) is 6.07 Å². The van der Waals surface area contributed by atoms with Gasteiger partial charge in [-0.3, -0.25) is 0 Å². The highest BCUT2D eigenvalue weighted by Gasteiger charge is 2.12. The molecule has 1 aromatic carbocycles. The summed E-state index contributed by atoms with van der Waals surface area (Å²) in [7, 11) is 0. The van der Waals surface area contributed by atoms with E-state index in [1.165, 1.54) is 0 Å². The first kappa shape index (κ1) is 9.71. The molecule has 0 fully saturated rings. The topological polar surface area (TPSA) is 85.8 Å². The van der Waals surface area contributed by atoms with Gasteiger partial charge in [-0.2, -0.15) is 5.26 Å². The highest BCUT2D eigenvalue weighted by molar-refractivity contribution is 5.88. The number of aliphatic hydroxyl groups is 1. The number of benzene rings is 1. The van der Waals surface area contributed by atoms with Crippen molar-refractivity contribution in [2.75, 3.05) is 6.54 Å². The zero-order valence-electron chi connectivity index (χ0n) is 8.07. The molecular weight excluding hydrogens is 190 g/mol. The minimum atomic E-state index is -0.687. The smallest absolute Gasteiger partial charge is 0.101 e. The maximum Gasteiger partial charge on any atom is 0.101 e. The number of hydrogen-bond donors (Lipinski definition) is 3. The van der Waals surface area contributed by atoms with E-state index in [0.717, 1.165) is 16.5 Å². The van der Waals surface area contributed by atoms with Crippen LogP contribution in [0.1, 0.15) is 17.2 Å². The Morgan fingerprint density at radius 1 is 1.53 bits per heavy atom. The normalized spacial score (nSPS) is 12.6. The minimum Gasteiger partial charge on any atom is -0.387 e. The molecule has 0 amide bonds. The van der Waals surface area contributed by atoms with Gasteiger partial charge < -0.3 is 15.8 Å². The quantitative estimate of drug-likeness (QED) is 0.678. The summed E-state index contributed by atoms with van der Waals surface area (Å²) >= 11 is 0. The molecule has 1 heterocycles. The average molecular weight is 201 g/mol. The molecule has 1 unspecified atom stereocenters. The van der Waals surface area contributed by atoms with E-state index < -0.39 is 6.10 Å². The zero-order chi connectivity index (χ0) is 10.8. The highest BCUT2D eigenvalue weighted by atomic mass is 16.3. The molecule has 76 valence electrons. The van der Waals surface area contributed by atoms with Gasteiger partial charge in [-0.05, 0) is 6.07 Å². The summed E-state index contributed by atoms with van der Waals surface area (Å²) in [5.41, 5.74) is 7.46. The van der Waals surface area contributed by atoms with Gasteiger partial charge >= 0.3 is 0 Å². The Morgan fingerprint density at radius 2 is 2.33 bits per heavy atom. The third-order valence-electron chi connectivity index (χ3n) is 2.45. The predicted molar refractivity (Wildman–Crippen MR) is 57.0 cm³/mol. The first-order valence-corrected chi connectivity index (χ1v) is 4.66. The van der Waals surface area contributed by atoms with E-state index in [0.29, 0.717) is 5.56 Å². The Hall–Kier alpha value is -1.83. The first-order valence-electron chi connectivity index (χ1n) is 4.66. The second-order valence-electron chi connectivity index (χ2n) is 3.34. The maximum atomic E-state index is 9.65. The number of para-hydroxylation sites is 1. The van der Waals surface area contributed by atoms with Gasteiger partial charge in [-0.1, -0.05) is 12.1 Å². The van der Waals surface area contributed by atoms with Crippen molar-refractivity contribution < 1.29 is 5.11 Å². The fourth-order valence-electron chi connectivity index (χ4n) is 1.67. The van der Waals surface area contributed by atoms with Crippen LogP contribution in [0.25, 0.3) is 10.9 Å². The second kappa shape index (κ2) is 3.73. The fourth-order valence-corrected chi connectivity index (χ4v) is 1.67. The number of fused-ring (bicyclic) bond motifs is 1. The summed E-state index contributed by atoms with van der Waals surface area (Å²) in [5, 5.41) is 19.4. The molecule has 0 aliphatic rings. The molecule has 2 rings (SSSR count). The Kier molecular flexibility index (Phi) is 2.42. The van der Waals surface area contributed by atoms with Crippen LogP contribution >= 0.6 is 0 Å². The standard InChI is InChI=1S/C11H11N3O/c12-4-7-2-1-3-8-9(10(15)5-13)6-14-11(7)8/h1-3,6,10,14-15H,5,13H2. The van der Waals surface area contributed by atoms with Gasteiger partial charge in [0, 0.05) is 23.7 Å². The summed E-state index contributed by atoms with van der Waals surface area (Å²) in [5.74, 6) is 0. The molecule has 0 saturated heterocycles. The number of nitrogens with one attached hydrogen (secondary N) is 1. The number of aromatic nitrogens is 1. The molecule has 2 aromatic rings. The molecule has 0 saturated carbocycles. The van der Waals surface area contributed by atoms with Crippen molar-refractivity contribution in [2.45, 2.75) is 6.10 Å². The average Bonchev–Trinajstić information content (AvgIpc) is 2.71. The number of nitriles is 1. The lowest BCUT2D eigenvalue weighted by Gasteiger charge is -2.05. The summed E-state index contributed by atoms with van der Waals surface area (Å²) in [6.07, 6.45) is 1.01. The summed E-state index contributed by atoms with van der Waals surface area (Å²) in [6.45, 7) is 0.170. The second-order valence-corrected chi connectivity index (χ2v) is 3.34. The molecule has 4 nitrogen and oxygen atoms in total. The Labute approximate surface area is 86.9 Å². The van der Waals surface area contributed by atoms with Gasteiger partial charge in [0.05, 0.1) is 17.2 Å². The molecule has 0 spiro atoms. The Bertz CT molecular complexity index is 524. The van der Waals surface area contributed by atoms with Crippen LogP contribution in [-0.4, -0.2) is 16.6 Å². The van der Waals surface area contributed by atoms with Crippen molar-refractivity contribution in [1.82, 2.24) is 4.98 Å². The zero-order valence-corrected chi connectivity index (χ0v) is 8.07. The molecule has 4 heteroatoms. The number of nitrogens with two attached hydrogens (primary N) is 1. The van der Waals surface area contributed by atoms with Crippen molar-refractivity contribution in [2.24, 2.45) is 5.73 Å². The molecule has 0 aliphatic carbocycles. The summed E-state index contributed by atoms with van der Waals surface area (Å²) < 4.78 is 0. The molecule has 4 N–H and O–H groups in total.